The number of nitrogens with one attached hydrogen (secondary N) is 1. The minimum absolute atomic E-state index is 0.0538. The molecule has 2 N–H and O–H groups in total. The molecule has 1 fully saturated rings. The number of benzene rings is 2. The fourth-order valence-electron chi connectivity index (χ4n) is 4.18. The minimum Gasteiger partial charge on any atom is -0.480 e. The summed E-state index contributed by atoms with van der Waals surface area (Å²) in [7, 11) is 1.58. The SMILES string of the molecule is CN(c1cc(Cl)c(F)c(Cl)c1)c1ncc(C(=O)NC2(C(=O)O)CC2)n1[C@@](C)(C=O)Cc1ccc(C#N)cc1. The summed E-state index contributed by atoms with van der Waals surface area (Å²) in [6.07, 6.45) is 2.56. The fraction of sp³-hybridized carbons (Fsp3) is 0.269. The van der Waals surface area contributed by atoms with E-state index in [0.717, 1.165) is 0 Å². The second kappa shape index (κ2) is 10.1. The van der Waals surface area contributed by atoms with E-state index < -0.39 is 28.8 Å². The van der Waals surface area contributed by atoms with Crippen LogP contribution < -0.4 is 10.2 Å². The Kier molecular flexibility index (Phi) is 7.19. The van der Waals surface area contributed by atoms with Crippen molar-refractivity contribution in [1.82, 2.24) is 14.9 Å². The normalized spacial score (nSPS) is 15.2. The van der Waals surface area contributed by atoms with Crippen molar-refractivity contribution >= 4 is 53.0 Å². The molecule has 196 valence electrons. The number of nitrogens with zero attached hydrogens (tertiary/aromatic N) is 4. The van der Waals surface area contributed by atoms with Crippen molar-refractivity contribution in [3.63, 3.8) is 0 Å². The van der Waals surface area contributed by atoms with Crippen LogP contribution in [0, 0.1) is 17.1 Å². The zero-order valence-corrected chi connectivity index (χ0v) is 21.8. The maximum Gasteiger partial charge on any atom is 0.329 e. The van der Waals surface area contributed by atoms with E-state index in [4.69, 9.17) is 28.5 Å². The third-order valence-electron chi connectivity index (χ3n) is 6.55. The van der Waals surface area contributed by atoms with Gasteiger partial charge in [-0.3, -0.25) is 9.36 Å². The van der Waals surface area contributed by atoms with Crippen LogP contribution in [0.4, 0.5) is 16.0 Å². The first kappa shape index (κ1) is 27.1. The van der Waals surface area contributed by atoms with Gasteiger partial charge in [0.05, 0.1) is 27.9 Å². The standard InChI is InChI=1S/C26H22Cl2FN5O4/c1-25(14-35,11-15-3-5-16(12-30)6-4-15)34-20(22(36)32-26(7-8-26)23(37)38)13-31-24(34)33(2)17-9-18(27)21(29)19(28)10-17/h3-6,9-10,13-14H,7-8,11H2,1-2H3,(H,32,36)(H,37,38)/t25-/m1/s1. The van der Waals surface area contributed by atoms with Crippen LogP contribution in [0.1, 0.15) is 41.4 Å². The van der Waals surface area contributed by atoms with Crippen LogP contribution in [0.5, 0.6) is 0 Å². The van der Waals surface area contributed by atoms with Gasteiger partial charge in [-0.05, 0) is 49.6 Å². The molecule has 9 nitrogen and oxygen atoms in total. The van der Waals surface area contributed by atoms with Crippen LogP contribution in [0.3, 0.4) is 0 Å². The number of nitriles is 1. The van der Waals surface area contributed by atoms with E-state index in [0.29, 0.717) is 23.1 Å². The van der Waals surface area contributed by atoms with E-state index in [2.05, 4.69) is 10.3 Å². The summed E-state index contributed by atoms with van der Waals surface area (Å²) in [6, 6.07) is 11.3. The number of aromatic nitrogens is 2. The van der Waals surface area contributed by atoms with Crippen LogP contribution in [0.2, 0.25) is 10.0 Å². The third-order valence-corrected chi connectivity index (χ3v) is 7.10. The summed E-state index contributed by atoms with van der Waals surface area (Å²) in [5.74, 6) is -2.55. The fourth-order valence-corrected chi connectivity index (χ4v) is 4.65. The monoisotopic (exact) mass is 557 g/mol. The number of anilines is 2. The Morgan fingerprint density at radius 1 is 1.29 bits per heavy atom. The number of rotatable bonds is 9. The third kappa shape index (κ3) is 4.95. The molecule has 2 aromatic carbocycles. The summed E-state index contributed by atoms with van der Waals surface area (Å²) in [5.41, 5.74) is -1.35. The number of aldehydes is 1. The number of carboxylic acids is 1. The van der Waals surface area contributed by atoms with E-state index in [9.17, 15) is 23.9 Å². The van der Waals surface area contributed by atoms with Crippen molar-refractivity contribution in [3.05, 3.63) is 75.3 Å². The van der Waals surface area contributed by atoms with Crippen molar-refractivity contribution in [1.29, 1.82) is 5.26 Å². The van der Waals surface area contributed by atoms with Gasteiger partial charge in [0.1, 0.15) is 23.1 Å². The van der Waals surface area contributed by atoms with Crippen LogP contribution in [0.25, 0.3) is 0 Å². The molecule has 12 heteroatoms. The Balaban J connectivity index is 1.83. The van der Waals surface area contributed by atoms with Crippen LogP contribution in [-0.2, 0) is 21.5 Å². The maximum absolute atomic E-state index is 14.1. The van der Waals surface area contributed by atoms with E-state index in [1.54, 1.807) is 38.2 Å². The highest BCUT2D eigenvalue weighted by molar-refractivity contribution is 6.35. The second-order valence-corrected chi connectivity index (χ2v) is 10.2. The lowest BCUT2D eigenvalue weighted by molar-refractivity contribution is -0.140. The highest BCUT2D eigenvalue weighted by Gasteiger charge is 2.52. The second-order valence-electron chi connectivity index (χ2n) is 9.36. The van der Waals surface area contributed by atoms with Gasteiger partial charge < -0.3 is 20.1 Å². The molecule has 1 amide bonds. The lowest BCUT2D eigenvalue weighted by Gasteiger charge is -2.32. The molecule has 1 aromatic heterocycles. The van der Waals surface area contributed by atoms with E-state index >= 15 is 0 Å². The average Bonchev–Trinajstić information content (AvgIpc) is 3.54. The number of imidazole rings is 1. The zero-order valence-electron chi connectivity index (χ0n) is 20.3. The molecule has 1 aliphatic rings. The molecule has 0 unspecified atom stereocenters. The lowest BCUT2D eigenvalue weighted by atomic mass is 9.93. The average molecular weight is 558 g/mol. The molecule has 3 aromatic rings. The summed E-state index contributed by atoms with van der Waals surface area (Å²) >= 11 is 12.0. The Hall–Kier alpha value is -3.94. The van der Waals surface area contributed by atoms with E-state index in [1.165, 1.54) is 27.8 Å². The Morgan fingerprint density at radius 2 is 1.89 bits per heavy atom. The van der Waals surface area contributed by atoms with Crippen molar-refractivity contribution < 1.29 is 23.9 Å². The topological polar surface area (TPSA) is 128 Å². The largest absolute Gasteiger partial charge is 0.480 e. The molecule has 0 bridgehead atoms. The molecular weight excluding hydrogens is 536 g/mol. The van der Waals surface area contributed by atoms with Crippen molar-refractivity contribution in [3.8, 4) is 6.07 Å². The van der Waals surface area contributed by atoms with Crippen molar-refractivity contribution in [2.75, 3.05) is 11.9 Å². The predicted molar refractivity (Wildman–Crippen MR) is 138 cm³/mol. The van der Waals surface area contributed by atoms with Gasteiger partial charge in [0.25, 0.3) is 5.91 Å². The van der Waals surface area contributed by atoms with Gasteiger partial charge in [-0.2, -0.15) is 5.26 Å². The molecule has 38 heavy (non-hydrogen) atoms. The Bertz CT molecular complexity index is 1460. The highest BCUT2D eigenvalue weighted by atomic mass is 35.5. The number of aliphatic carboxylic acids is 1. The van der Waals surface area contributed by atoms with Gasteiger partial charge >= 0.3 is 5.97 Å². The molecular formula is C26H22Cl2FN5O4. The predicted octanol–water partition coefficient (Wildman–Crippen LogP) is 4.47. The number of carbonyl (C=O) groups excluding carboxylic acids is 2. The van der Waals surface area contributed by atoms with Gasteiger partial charge in [-0.25, -0.2) is 14.2 Å². The minimum atomic E-state index is -1.39. The summed E-state index contributed by atoms with van der Waals surface area (Å²) < 4.78 is 15.5. The van der Waals surface area contributed by atoms with Gasteiger partial charge in [-0.1, -0.05) is 35.3 Å². The van der Waals surface area contributed by atoms with Crippen LogP contribution in [0.15, 0.2) is 42.6 Å². The van der Waals surface area contributed by atoms with Crippen molar-refractivity contribution in [2.45, 2.75) is 37.3 Å². The number of amides is 1. The quantitative estimate of drug-likeness (QED) is 0.293. The zero-order chi connectivity index (χ0) is 27.8. The number of carboxylic acid groups (broad SMARTS) is 1. The van der Waals surface area contributed by atoms with Crippen LogP contribution >= 0.6 is 23.2 Å². The van der Waals surface area contributed by atoms with Gasteiger partial charge in [0.15, 0.2) is 5.82 Å². The molecule has 0 aliphatic heterocycles. The number of halogens is 3. The number of hydrogen-bond acceptors (Lipinski definition) is 6. The smallest absolute Gasteiger partial charge is 0.329 e. The molecule has 1 aliphatic carbocycles. The van der Waals surface area contributed by atoms with Crippen molar-refractivity contribution in [2.24, 2.45) is 0 Å². The summed E-state index contributed by atoms with van der Waals surface area (Å²) in [6.45, 7) is 1.60. The summed E-state index contributed by atoms with van der Waals surface area (Å²) in [4.78, 5) is 43.6. The molecule has 4 rings (SSSR count). The highest BCUT2D eigenvalue weighted by Crippen LogP contribution is 2.38. The molecule has 0 radical (unpaired) electrons. The van der Waals surface area contributed by atoms with E-state index in [-0.39, 0.29) is 40.9 Å². The van der Waals surface area contributed by atoms with Crippen LogP contribution in [-0.4, -0.2) is 45.4 Å². The first-order valence-electron chi connectivity index (χ1n) is 11.4. The van der Waals surface area contributed by atoms with Gasteiger partial charge in [0.2, 0.25) is 5.95 Å². The van der Waals surface area contributed by atoms with Gasteiger partial charge in [-0.15, -0.1) is 0 Å². The maximum atomic E-state index is 14.1. The number of carbonyl (C=O) groups is 3. The first-order valence-corrected chi connectivity index (χ1v) is 12.2. The number of hydrogen-bond donors (Lipinski definition) is 2. The Labute approximate surface area is 227 Å². The molecule has 0 spiro atoms. The Morgan fingerprint density at radius 3 is 2.39 bits per heavy atom. The van der Waals surface area contributed by atoms with Gasteiger partial charge in [0, 0.05) is 19.2 Å². The first-order chi connectivity index (χ1) is 17.9. The summed E-state index contributed by atoms with van der Waals surface area (Å²) in [5, 5.41) is 20.7. The molecule has 0 saturated heterocycles. The molecule has 1 atom stereocenters. The lowest BCUT2D eigenvalue weighted by Crippen LogP contribution is -2.46. The molecule has 1 heterocycles. The van der Waals surface area contributed by atoms with E-state index in [1.807, 2.05) is 6.07 Å². The molecule has 1 saturated carbocycles.